The predicted molar refractivity (Wildman–Crippen MR) is 51.0 cm³/mol. The molecule has 0 aliphatic heterocycles. The number of aldehydes is 1. The maximum atomic E-state index is 10.9. The van der Waals surface area contributed by atoms with Crippen LogP contribution in [0.15, 0.2) is 0 Å². The number of amides is 2. The Balaban J connectivity index is 4.04. The van der Waals surface area contributed by atoms with Crippen LogP contribution in [0.25, 0.3) is 0 Å². The number of primary amides is 2. The zero-order chi connectivity index (χ0) is 11.1. The fourth-order valence-corrected chi connectivity index (χ4v) is 1.26. The van der Waals surface area contributed by atoms with Gasteiger partial charge in [0.2, 0.25) is 11.8 Å². The fraction of sp³-hybridized carbons (Fsp3) is 0.667. The molecule has 0 aromatic rings. The molecule has 0 aromatic carbocycles. The lowest BCUT2D eigenvalue weighted by atomic mass is 9.89. The van der Waals surface area contributed by atoms with Crippen molar-refractivity contribution in [2.45, 2.75) is 26.2 Å². The third-order valence-corrected chi connectivity index (χ3v) is 2.15. The van der Waals surface area contributed by atoms with Crippen molar-refractivity contribution in [3.63, 3.8) is 0 Å². The Morgan fingerprint density at radius 2 is 1.93 bits per heavy atom. The Bertz CT molecular complexity index is 228. The van der Waals surface area contributed by atoms with Crippen LogP contribution in [0.3, 0.4) is 0 Å². The molecule has 5 nitrogen and oxygen atoms in total. The second-order valence-corrected chi connectivity index (χ2v) is 3.36. The molecular formula is C9H16N2O3. The maximum Gasteiger partial charge on any atom is 0.221 e. The van der Waals surface area contributed by atoms with Gasteiger partial charge in [-0.05, 0) is 12.8 Å². The zero-order valence-corrected chi connectivity index (χ0v) is 8.23. The van der Waals surface area contributed by atoms with Crippen LogP contribution in [-0.2, 0) is 14.4 Å². The van der Waals surface area contributed by atoms with Crippen LogP contribution < -0.4 is 11.5 Å². The highest BCUT2D eigenvalue weighted by Crippen LogP contribution is 2.16. The van der Waals surface area contributed by atoms with Crippen molar-refractivity contribution < 1.29 is 14.4 Å². The van der Waals surface area contributed by atoms with Gasteiger partial charge in [0.05, 0.1) is 0 Å². The Morgan fingerprint density at radius 1 is 1.36 bits per heavy atom. The molecule has 0 bridgehead atoms. The van der Waals surface area contributed by atoms with Gasteiger partial charge in [-0.25, -0.2) is 0 Å². The summed E-state index contributed by atoms with van der Waals surface area (Å²) >= 11 is 0. The molecule has 80 valence electrons. The molecule has 4 N–H and O–H groups in total. The average molecular weight is 200 g/mol. The van der Waals surface area contributed by atoms with Crippen LogP contribution in [0.2, 0.25) is 0 Å². The molecule has 0 heterocycles. The molecule has 2 amide bonds. The number of nitrogens with two attached hydrogens (primary N) is 2. The molecule has 2 atom stereocenters. The topological polar surface area (TPSA) is 103 Å². The normalized spacial score (nSPS) is 14.4. The van der Waals surface area contributed by atoms with Crippen molar-refractivity contribution in [1.29, 1.82) is 0 Å². The first-order valence-electron chi connectivity index (χ1n) is 4.52. The average Bonchev–Trinajstić information content (AvgIpc) is 2.10. The molecule has 14 heavy (non-hydrogen) atoms. The van der Waals surface area contributed by atoms with Crippen molar-refractivity contribution in [1.82, 2.24) is 0 Å². The van der Waals surface area contributed by atoms with Crippen molar-refractivity contribution >= 4 is 18.1 Å². The van der Waals surface area contributed by atoms with Gasteiger partial charge >= 0.3 is 0 Å². The Hall–Kier alpha value is -1.39. The van der Waals surface area contributed by atoms with Crippen LogP contribution in [0.1, 0.15) is 26.2 Å². The van der Waals surface area contributed by atoms with E-state index in [4.69, 9.17) is 11.5 Å². The van der Waals surface area contributed by atoms with Gasteiger partial charge in [-0.1, -0.05) is 6.92 Å². The Kier molecular flexibility index (Phi) is 5.52. The van der Waals surface area contributed by atoms with E-state index in [0.29, 0.717) is 19.1 Å². The van der Waals surface area contributed by atoms with Crippen molar-refractivity contribution in [3.8, 4) is 0 Å². The second-order valence-electron chi connectivity index (χ2n) is 3.36. The summed E-state index contributed by atoms with van der Waals surface area (Å²) in [4.78, 5) is 31.8. The van der Waals surface area contributed by atoms with E-state index >= 15 is 0 Å². The summed E-state index contributed by atoms with van der Waals surface area (Å²) in [5, 5.41) is 0. The number of carbonyl (C=O) groups is 3. The zero-order valence-electron chi connectivity index (χ0n) is 8.23. The molecule has 0 radical (unpaired) electrons. The number of rotatable bonds is 7. The summed E-state index contributed by atoms with van der Waals surface area (Å²) in [5.74, 6) is -1.81. The van der Waals surface area contributed by atoms with Crippen LogP contribution >= 0.6 is 0 Å². The number of hydrogen-bond donors (Lipinski definition) is 2. The van der Waals surface area contributed by atoms with Crippen LogP contribution in [-0.4, -0.2) is 18.1 Å². The monoisotopic (exact) mass is 200 g/mol. The van der Waals surface area contributed by atoms with Crippen molar-refractivity contribution in [3.05, 3.63) is 0 Å². The molecule has 5 heteroatoms. The lowest BCUT2D eigenvalue weighted by Gasteiger charge is -2.15. The lowest BCUT2D eigenvalue weighted by Crippen LogP contribution is -2.29. The molecule has 0 fully saturated rings. The summed E-state index contributed by atoms with van der Waals surface area (Å²) < 4.78 is 0. The number of hydrogen-bond acceptors (Lipinski definition) is 3. The summed E-state index contributed by atoms with van der Waals surface area (Å²) in [5.41, 5.74) is 10.1. The smallest absolute Gasteiger partial charge is 0.221 e. The molecule has 0 aromatic heterocycles. The largest absolute Gasteiger partial charge is 0.370 e. The van der Waals surface area contributed by atoms with Crippen LogP contribution in [0.5, 0.6) is 0 Å². The quantitative estimate of drug-likeness (QED) is 0.545. The van der Waals surface area contributed by atoms with E-state index < -0.39 is 23.7 Å². The van der Waals surface area contributed by atoms with Gasteiger partial charge in [0, 0.05) is 18.3 Å². The van der Waals surface area contributed by atoms with Gasteiger partial charge < -0.3 is 16.3 Å². The van der Waals surface area contributed by atoms with Gasteiger partial charge in [0.25, 0.3) is 0 Å². The van der Waals surface area contributed by atoms with Gasteiger partial charge in [-0.3, -0.25) is 9.59 Å². The minimum atomic E-state index is -0.505. The molecule has 0 aliphatic rings. The Labute approximate surface area is 82.8 Å². The molecule has 2 unspecified atom stereocenters. The third kappa shape index (κ3) is 4.59. The summed E-state index contributed by atoms with van der Waals surface area (Å²) in [6.07, 6.45) is 1.83. The minimum Gasteiger partial charge on any atom is -0.370 e. The molecule has 0 rings (SSSR count). The van der Waals surface area contributed by atoms with Gasteiger partial charge in [-0.2, -0.15) is 0 Å². The fourth-order valence-electron chi connectivity index (χ4n) is 1.26. The van der Waals surface area contributed by atoms with E-state index in [9.17, 15) is 14.4 Å². The Morgan fingerprint density at radius 3 is 2.29 bits per heavy atom. The first-order valence-corrected chi connectivity index (χ1v) is 4.52. The highest BCUT2D eigenvalue weighted by Gasteiger charge is 2.21. The van der Waals surface area contributed by atoms with Gasteiger partial charge in [-0.15, -0.1) is 0 Å². The molecule has 0 aliphatic carbocycles. The minimum absolute atomic E-state index is 0.218. The molecule has 0 saturated carbocycles. The summed E-state index contributed by atoms with van der Waals surface area (Å²) in [6.45, 7) is 1.63. The van der Waals surface area contributed by atoms with Gasteiger partial charge in [0.15, 0.2) is 0 Å². The van der Waals surface area contributed by atoms with E-state index in [-0.39, 0.29) is 6.42 Å². The van der Waals surface area contributed by atoms with E-state index in [1.54, 1.807) is 6.92 Å². The van der Waals surface area contributed by atoms with Crippen molar-refractivity contribution in [2.75, 3.05) is 0 Å². The van der Waals surface area contributed by atoms with Crippen LogP contribution in [0, 0.1) is 11.8 Å². The van der Waals surface area contributed by atoms with E-state index in [2.05, 4.69) is 0 Å². The first kappa shape index (κ1) is 12.6. The SMILES string of the molecule is CC(C=O)C(CCCC(N)=O)C(N)=O. The molecule has 0 spiro atoms. The molecule has 0 saturated heterocycles. The van der Waals surface area contributed by atoms with E-state index in [1.165, 1.54) is 0 Å². The van der Waals surface area contributed by atoms with E-state index in [0.717, 1.165) is 0 Å². The third-order valence-electron chi connectivity index (χ3n) is 2.15. The van der Waals surface area contributed by atoms with E-state index in [1.807, 2.05) is 0 Å². The maximum absolute atomic E-state index is 10.9. The van der Waals surface area contributed by atoms with Crippen molar-refractivity contribution in [2.24, 2.45) is 23.3 Å². The summed E-state index contributed by atoms with van der Waals surface area (Å²) in [6, 6.07) is 0. The number of carbonyl (C=O) groups excluding carboxylic acids is 3. The van der Waals surface area contributed by atoms with Crippen LogP contribution in [0.4, 0.5) is 0 Å². The van der Waals surface area contributed by atoms with Gasteiger partial charge in [0.1, 0.15) is 6.29 Å². The highest BCUT2D eigenvalue weighted by molar-refractivity contribution is 5.80. The summed E-state index contributed by atoms with van der Waals surface area (Å²) in [7, 11) is 0. The standard InChI is InChI=1S/C9H16N2O3/c1-6(5-12)7(9(11)14)3-2-4-8(10)13/h5-7H,2-4H2,1H3,(H2,10,13)(H2,11,14). The second kappa shape index (κ2) is 6.12. The first-order chi connectivity index (χ1) is 6.49. The predicted octanol–water partition coefficient (Wildman–Crippen LogP) is -0.421. The lowest BCUT2D eigenvalue weighted by molar-refractivity contribution is -0.127. The highest BCUT2D eigenvalue weighted by atomic mass is 16.1. The molecular weight excluding hydrogens is 184 g/mol.